The van der Waals surface area contributed by atoms with Crippen LogP contribution in [0.15, 0.2) is 18.3 Å². The van der Waals surface area contributed by atoms with E-state index in [4.69, 9.17) is 11.6 Å². The first-order valence-electron chi connectivity index (χ1n) is 5.44. The molecular formula is C11H12ClN3S. The van der Waals surface area contributed by atoms with Crippen molar-refractivity contribution in [1.29, 1.82) is 0 Å². The number of halogens is 1. The van der Waals surface area contributed by atoms with Gasteiger partial charge in [-0.3, -0.25) is 0 Å². The van der Waals surface area contributed by atoms with Crippen molar-refractivity contribution in [2.45, 2.75) is 24.5 Å². The summed E-state index contributed by atoms with van der Waals surface area (Å²) in [6.07, 6.45) is 5.45. The van der Waals surface area contributed by atoms with Crippen LogP contribution in [-0.4, -0.2) is 25.6 Å². The molecule has 1 aliphatic rings. The van der Waals surface area contributed by atoms with E-state index in [1.165, 1.54) is 18.6 Å². The van der Waals surface area contributed by atoms with Crippen LogP contribution in [0.5, 0.6) is 0 Å². The minimum Gasteiger partial charge on any atom is -0.221 e. The van der Waals surface area contributed by atoms with Crippen molar-refractivity contribution in [3.8, 4) is 0 Å². The SMILES string of the molecule is Clc1ccn2nc(CC3CCCS3)nc2c1. The first-order chi connectivity index (χ1) is 7.81. The molecule has 0 spiro atoms. The van der Waals surface area contributed by atoms with E-state index < -0.39 is 0 Å². The van der Waals surface area contributed by atoms with E-state index in [1.807, 2.05) is 30.1 Å². The minimum absolute atomic E-state index is 0.702. The Labute approximate surface area is 103 Å². The van der Waals surface area contributed by atoms with Crippen molar-refractivity contribution < 1.29 is 0 Å². The maximum atomic E-state index is 5.91. The maximum Gasteiger partial charge on any atom is 0.157 e. The summed E-state index contributed by atoms with van der Waals surface area (Å²) in [7, 11) is 0. The van der Waals surface area contributed by atoms with E-state index in [0.717, 1.165) is 17.9 Å². The molecule has 0 radical (unpaired) electrons. The highest BCUT2D eigenvalue weighted by Gasteiger charge is 2.18. The molecule has 0 amide bonds. The van der Waals surface area contributed by atoms with Gasteiger partial charge in [-0.1, -0.05) is 11.6 Å². The Morgan fingerprint density at radius 1 is 1.56 bits per heavy atom. The molecule has 2 aromatic heterocycles. The lowest BCUT2D eigenvalue weighted by molar-refractivity contribution is 0.742. The Morgan fingerprint density at radius 2 is 2.50 bits per heavy atom. The molecule has 84 valence electrons. The van der Waals surface area contributed by atoms with Crippen LogP contribution in [-0.2, 0) is 6.42 Å². The third-order valence-corrected chi connectivity index (χ3v) is 4.41. The van der Waals surface area contributed by atoms with Gasteiger partial charge in [-0.15, -0.1) is 0 Å². The number of rotatable bonds is 2. The van der Waals surface area contributed by atoms with Crippen LogP contribution in [0.1, 0.15) is 18.7 Å². The molecule has 0 aromatic carbocycles. The highest BCUT2D eigenvalue weighted by Crippen LogP contribution is 2.28. The Balaban J connectivity index is 1.86. The molecule has 1 aliphatic heterocycles. The molecule has 3 heterocycles. The van der Waals surface area contributed by atoms with Crippen LogP contribution in [0.25, 0.3) is 5.65 Å². The van der Waals surface area contributed by atoms with Gasteiger partial charge in [-0.25, -0.2) is 9.50 Å². The zero-order chi connectivity index (χ0) is 11.0. The van der Waals surface area contributed by atoms with Gasteiger partial charge >= 0.3 is 0 Å². The lowest BCUT2D eigenvalue weighted by Crippen LogP contribution is -2.03. The topological polar surface area (TPSA) is 30.2 Å². The summed E-state index contributed by atoms with van der Waals surface area (Å²) in [5.41, 5.74) is 0.838. The molecule has 2 aromatic rings. The number of nitrogens with zero attached hydrogens (tertiary/aromatic N) is 3. The minimum atomic E-state index is 0.702. The molecule has 1 atom stereocenters. The van der Waals surface area contributed by atoms with Crippen molar-refractivity contribution in [3.63, 3.8) is 0 Å². The summed E-state index contributed by atoms with van der Waals surface area (Å²) >= 11 is 7.95. The van der Waals surface area contributed by atoms with Crippen LogP contribution in [0.3, 0.4) is 0 Å². The molecule has 0 N–H and O–H groups in total. The van der Waals surface area contributed by atoms with Gasteiger partial charge in [0.25, 0.3) is 0 Å². The second-order valence-electron chi connectivity index (χ2n) is 4.01. The van der Waals surface area contributed by atoms with E-state index in [1.54, 1.807) is 4.52 Å². The van der Waals surface area contributed by atoms with Crippen molar-refractivity contribution in [2.24, 2.45) is 0 Å². The van der Waals surface area contributed by atoms with Crippen molar-refractivity contribution >= 4 is 29.0 Å². The first-order valence-corrected chi connectivity index (χ1v) is 6.86. The van der Waals surface area contributed by atoms with E-state index in [9.17, 15) is 0 Å². The molecule has 16 heavy (non-hydrogen) atoms. The van der Waals surface area contributed by atoms with Gasteiger partial charge in [0.2, 0.25) is 0 Å². The maximum absolute atomic E-state index is 5.91. The lowest BCUT2D eigenvalue weighted by Gasteiger charge is -2.02. The van der Waals surface area contributed by atoms with E-state index in [0.29, 0.717) is 10.3 Å². The predicted octanol–water partition coefficient (Wildman–Crippen LogP) is 2.82. The van der Waals surface area contributed by atoms with Crippen LogP contribution in [0.2, 0.25) is 5.02 Å². The van der Waals surface area contributed by atoms with E-state index in [-0.39, 0.29) is 0 Å². The average Bonchev–Trinajstić information content (AvgIpc) is 2.86. The van der Waals surface area contributed by atoms with Gasteiger partial charge in [0.15, 0.2) is 11.5 Å². The number of thioether (sulfide) groups is 1. The Morgan fingerprint density at radius 3 is 3.31 bits per heavy atom. The standard InChI is InChI=1S/C11H12ClN3S/c12-8-3-4-15-11(6-8)13-10(14-15)7-9-2-1-5-16-9/h3-4,6,9H,1-2,5,7H2. The zero-order valence-corrected chi connectivity index (χ0v) is 10.3. The Hall–Kier alpha value is -0.740. The molecule has 0 bridgehead atoms. The molecule has 1 saturated heterocycles. The Kier molecular flexibility index (Phi) is 2.77. The normalized spacial score (nSPS) is 20.7. The zero-order valence-electron chi connectivity index (χ0n) is 8.77. The monoisotopic (exact) mass is 253 g/mol. The van der Waals surface area contributed by atoms with Gasteiger partial charge in [0.1, 0.15) is 0 Å². The molecule has 3 rings (SSSR count). The van der Waals surface area contributed by atoms with Crippen molar-refractivity contribution in [1.82, 2.24) is 14.6 Å². The first kappa shape index (κ1) is 10.4. The summed E-state index contributed by atoms with van der Waals surface area (Å²) < 4.78 is 1.79. The largest absolute Gasteiger partial charge is 0.221 e. The number of aromatic nitrogens is 3. The third-order valence-electron chi connectivity index (χ3n) is 2.78. The fraction of sp³-hybridized carbons (Fsp3) is 0.455. The molecule has 0 saturated carbocycles. The number of pyridine rings is 1. The fourth-order valence-electron chi connectivity index (χ4n) is 2.00. The smallest absolute Gasteiger partial charge is 0.157 e. The summed E-state index contributed by atoms with van der Waals surface area (Å²) in [5.74, 6) is 2.21. The fourth-order valence-corrected chi connectivity index (χ4v) is 3.42. The highest BCUT2D eigenvalue weighted by molar-refractivity contribution is 8.00. The van der Waals surface area contributed by atoms with Crippen molar-refractivity contribution in [3.05, 3.63) is 29.2 Å². The van der Waals surface area contributed by atoms with Gasteiger partial charge < -0.3 is 0 Å². The van der Waals surface area contributed by atoms with E-state index in [2.05, 4.69) is 10.1 Å². The van der Waals surface area contributed by atoms with Gasteiger partial charge in [-0.05, 0) is 24.7 Å². The summed E-state index contributed by atoms with van der Waals surface area (Å²) in [5, 5.41) is 5.86. The molecule has 5 heteroatoms. The summed E-state index contributed by atoms with van der Waals surface area (Å²) in [6, 6.07) is 3.68. The molecule has 0 aliphatic carbocycles. The van der Waals surface area contributed by atoms with Gasteiger partial charge in [0, 0.05) is 29.0 Å². The molecule has 1 unspecified atom stereocenters. The Bertz CT molecular complexity index is 505. The van der Waals surface area contributed by atoms with Crippen LogP contribution < -0.4 is 0 Å². The van der Waals surface area contributed by atoms with Gasteiger partial charge in [-0.2, -0.15) is 16.9 Å². The van der Waals surface area contributed by atoms with Gasteiger partial charge in [0.05, 0.1) is 0 Å². The molecule has 1 fully saturated rings. The van der Waals surface area contributed by atoms with Crippen LogP contribution in [0, 0.1) is 0 Å². The third kappa shape index (κ3) is 2.04. The van der Waals surface area contributed by atoms with E-state index >= 15 is 0 Å². The summed E-state index contributed by atoms with van der Waals surface area (Å²) in [6.45, 7) is 0. The summed E-state index contributed by atoms with van der Waals surface area (Å²) in [4.78, 5) is 4.49. The molecule has 3 nitrogen and oxygen atoms in total. The number of hydrogen-bond acceptors (Lipinski definition) is 3. The second kappa shape index (κ2) is 4.26. The highest BCUT2D eigenvalue weighted by atomic mass is 35.5. The number of fused-ring (bicyclic) bond motifs is 1. The number of hydrogen-bond donors (Lipinski definition) is 0. The predicted molar refractivity (Wildman–Crippen MR) is 67.2 cm³/mol. The van der Waals surface area contributed by atoms with Crippen LogP contribution in [0.4, 0.5) is 0 Å². The quantitative estimate of drug-likeness (QED) is 0.825. The van der Waals surface area contributed by atoms with Crippen LogP contribution >= 0.6 is 23.4 Å². The lowest BCUT2D eigenvalue weighted by atomic mass is 10.2. The molecular weight excluding hydrogens is 242 g/mol. The van der Waals surface area contributed by atoms with Crippen molar-refractivity contribution in [2.75, 3.05) is 5.75 Å². The average molecular weight is 254 g/mol. The second-order valence-corrected chi connectivity index (χ2v) is 5.86.